The third-order valence-corrected chi connectivity index (χ3v) is 2.35. The van der Waals surface area contributed by atoms with Crippen molar-refractivity contribution < 1.29 is 18.1 Å². The predicted molar refractivity (Wildman–Crippen MR) is 63.5 cm³/mol. The van der Waals surface area contributed by atoms with E-state index in [1.807, 2.05) is 0 Å². The van der Waals surface area contributed by atoms with Gasteiger partial charge in [-0.25, -0.2) is 9.97 Å². The van der Waals surface area contributed by atoms with E-state index in [4.69, 9.17) is 5.73 Å². The molecule has 104 valence electrons. The first kappa shape index (κ1) is 13.7. The number of nitrogen functional groups attached to an aromatic ring is 1. The summed E-state index contributed by atoms with van der Waals surface area (Å²) in [5.41, 5.74) is 5.07. The van der Waals surface area contributed by atoms with Crippen LogP contribution in [0.1, 0.15) is 5.82 Å². The first-order chi connectivity index (χ1) is 9.27. The maximum absolute atomic E-state index is 12.6. The average molecular weight is 284 g/mol. The third kappa shape index (κ3) is 2.82. The maximum Gasteiger partial charge on any atom is 0.451 e. The highest BCUT2D eigenvalue weighted by molar-refractivity contribution is 5.64. The molecule has 0 saturated heterocycles. The lowest BCUT2D eigenvalue weighted by molar-refractivity contribution is -0.384. The van der Waals surface area contributed by atoms with Gasteiger partial charge in [0.15, 0.2) is 0 Å². The SMILES string of the molecule is Nc1cc(-c2cccc([N+](=O)[O-])c2)nc(C(F)(F)F)n1. The topological polar surface area (TPSA) is 94.9 Å². The Morgan fingerprint density at radius 1 is 1.20 bits per heavy atom. The number of anilines is 1. The standard InChI is InChI=1S/C11H7F3N4O2/c12-11(13,14)10-16-8(5-9(15)17-10)6-2-1-3-7(4-6)18(19)20/h1-5H,(H2,15,16,17). The highest BCUT2D eigenvalue weighted by Crippen LogP contribution is 2.30. The van der Waals surface area contributed by atoms with Crippen molar-refractivity contribution in [1.82, 2.24) is 9.97 Å². The van der Waals surface area contributed by atoms with Gasteiger partial charge in [0.2, 0.25) is 5.82 Å². The first-order valence-electron chi connectivity index (χ1n) is 5.24. The molecule has 0 aliphatic rings. The van der Waals surface area contributed by atoms with Gasteiger partial charge in [0.1, 0.15) is 5.82 Å². The van der Waals surface area contributed by atoms with Gasteiger partial charge in [-0.1, -0.05) is 12.1 Å². The van der Waals surface area contributed by atoms with Crippen LogP contribution in [0.2, 0.25) is 0 Å². The van der Waals surface area contributed by atoms with Gasteiger partial charge in [0.25, 0.3) is 5.69 Å². The van der Waals surface area contributed by atoms with Crippen LogP contribution in [0.4, 0.5) is 24.7 Å². The van der Waals surface area contributed by atoms with Crippen LogP contribution in [0.15, 0.2) is 30.3 Å². The molecule has 0 spiro atoms. The number of nitrogens with zero attached hydrogens (tertiary/aromatic N) is 3. The molecule has 2 N–H and O–H groups in total. The number of halogens is 3. The van der Waals surface area contributed by atoms with E-state index in [-0.39, 0.29) is 22.8 Å². The van der Waals surface area contributed by atoms with E-state index < -0.39 is 16.9 Å². The lowest BCUT2D eigenvalue weighted by atomic mass is 10.1. The summed E-state index contributed by atoms with van der Waals surface area (Å²) in [7, 11) is 0. The molecule has 20 heavy (non-hydrogen) atoms. The molecular formula is C11H7F3N4O2. The monoisotopic (exact) mass is 284 g/mol. The summed E-state index contributed by atoms with van der Waals surface area (Å²) in [4.78, 5) is 16.4. The molecule has 1 aromatic heterocycles. The minimum absolute atomic E-state index is 0.131. The Balaban J connectivity index is 2.55. The molecule has 0 saturated carbocycles. The van der Waals surface area contributed by atoms with Crippen LogP contribution in [0, 0.1) is 10.1 Å². The summed E-state index contributed by atoms with van der Waals surface area (Å²) < 4.78 is 37.7. The molecule has 6 nitrogen and oxygen atoms in total. The summed E-state index contributed by atoms with van der Waals surface area (Å²) in [6.07, 6.45) is -4.75. The molecule has 0 radical (unpaired) electrons. The number of nitrogens with two attached hydrogens (primary N) is 1. The van der Waals surface area contributed by atoms with Crippen molar-refractivity contribution in [3.05, 3.63) is 46.3 Å². The summed E-state index contributed by atoms with van der Waals surface area (Å²) in [5, 5.41) is 10.6. The number of rotatable bonds is 2. The number of aromatic nitrogens is 2. The van der Waals surface area contributed by atoms with Gasteiger partial charge in [0, 0.05) is 23.8 Å². The molecule has 1 heterocycles. The molecule has 0 bridgehead atoms. The first-order valence-corrected chi connectivity index (χ1v) is 5.24. The van der Waals surface area contributed by atoms with E-state index in [1.165, 1.54) is 18.2 Å². The molecular weight excluding hydrogens is 277 g/mol. The van der Waals surface area contributed by atoms with Gasteiger partial charge in [-0.15, -0.1) is 0 Å². The minimum atomic E-state index is -4.75. The predicted octanol–water partition coefficient (Wildman–Crippen LogP) is 2.65. The van der Waals surface area contributed by atoms with Crippen LogP contribution in [0.3, 0.4) is 0 Å². The Hall–Kier alpha value is -2.71. The van der Waals surface area contributed by atoms with Gasteiger partial charge in [-0.2, -0.15) is 13.2 Å². The maximum atomic E-state index is 12.6. The molecule has 0 atom stereocenters. The van der Waals surface area contributed by atoms with E-state index in [1.54, 1.807) is 0 Å². The van der Waals surface area contributed by atoms with Crippen molar-refractivity contribution in [3.63, 3.8) is 0 Å². The summed E-state index contributed by atoms with van der Waals surface area (Å²) in [6, 6.07) is 6.20. The van der Waals surface area contributed by atoms with E-state index >= 15 is 0 Å². The fourth-order valence-corrected chi connectivity index (χ4v) is 1.52. The number of nitro benzene ring substituents is 1. The van der Waals surface area contributed by atoms with E-state index in [0.29, 0.717) is 0 Å². The third-order valence-electron chi connectivity index (χ3n) is 2.35. The normalized spacial score (nSPS) is 11.3. The fraction of sp³-hybridized carbons (Fsp3) is 0.0909. The smallest absolute Gasteiger partial charge is 0.384 e. The van der Waals surface area contributed by atoms with Crippen molar-refractivity contribution in [1.29, 1.82) is 0 Å². The summed E-state index contributed by atoms with van der Waals surface area (Å²) in [6.45, 7) is 0. The summed E-state index contributed by atoms with van der Waals surface area (Å²) in [5.74, 6) is -1.76. The molecule has 2 rings (SSSR count). The van der Waals surface area contributed by atoms with Crippen molar-refractivity contribution in [2.24, 2.45) is 0 Å². The van der Waals surface area contributed by atoms with Gasteiger partial charge in [0.05, 0.1) is 10.6 Å². The van der Waals surface area contributed by atoms with Gasteiger partial charge in [-0.3, -0.25) is 10.1 Å². The van der Waals surface area contributed by atoms with Crippen LogP contribution >= 0.6 is 0 Å². The van der Waals surface area contributed by atoms with Crippen LogP contribution in [-0.2, 0) is 6.18 Å². The minimum Gasteiger partial charge on any atom is -0.384 e. The molecule has 1 aromatic carbocycles. The zero-order valence-corrected chi connectivity index (χ0v) is 9.76. The Morgan fingerprint density at radius 2 is 1.90 bits per heavy atom. The number of hydrogen-bond donors (Lipinski definition) is 1. The Morgan fingerprint density at radius 3 is 2.50 bits per heavy atom. The Labute approximate surface area is 110 Å². The second kappa shape index (κ2) is 4.76. The van der Waals surface area contributed by atoms with E-state index in [0.717, 1.165) is 12.1 Å². The number of alkyl halides is 3. The van der Waals surface area contributed by atoms with Crippen molar-refractivity contribution in [2.45, 2.75) is 6.18 Å². The van der Waals surface area contributed by atoms with Crippen LogP contribution in [-0.4, -0.2) is 14.9 Å². The molecule has 0 amide bonds. The molecule has 0 fully saturated rings. The number of benzene rings is 1. The van der Waals surface area contributed by atoms with Crippen molar-refractivity contribution >= 4 is 11.5 Å². The Kier molecular flexibility index (Phi) is 3.26. The lowest BCUT2D eigenvalue weighted by Gasteiger charge is -2.08. The van der Waals surface area contributed by atoms with Crippen LogP contribution < -0.4 is 5.73 Å². The van der Waals surface area contributed by atoms with Gasteiger partial charge < -0.3 is 5.73 Å². The number of nitro groups is 1. The second-order valence-electron chi connectivity index (χ2n) is 3.81. The number of non-ortho nitro benzene ring substituents is 1. The zero-order chi connectivity index (χ0) is 14.9. The second-order valence-corrected chi connectivity index (χ2v) is 3.81. The molecule has 9 heteroatoms. The fourth-order valence-electron chi connectivity index (χ4n) is 1.52. The average Bonchev–Trinajstić information content (AvgIpc) is 2.37. The Bertz CT molecular complexity index is 673. The number of hydrogen-bond acceptors (Lipinski definition) is 5. The van der Waals surface area contributed by atoms with Crippen molar-refractivity contribution in [3.8, 4) is 11.3 Å². The quantitative estimate of drug-likeness (QED) is 0.675. The van der Waals surface area contributed by atoms with Crippen LogP contribution in [0.25, 0.3) is 11.3 Å². The zero-order valence-electron chi connectivity index (χ0n) is 9.76. The van der Waals surface area contributed by atoms with Gasteiger partial charge in [-0.05, 0) is 0 Å². The summed E-state index contributed by atoms with van der Waals surface area (Å²) >= 11 is 0. The molecule has 2 aromatic rings. The molecule has 0 aliphatic carbocycles. The van der Waals surface area contributed by atoms with Gasteiger partial charge >= 0.3 is 6.18 Å². The molecule has 0 aliphatic heterocycles. The van der Waals surface area contributed by atoms with E-state index in [9.17, 15) is 23.3 Å². The largest absolute Gasteiger partial charge is 0.451 e. The van der Waals surface area contributed by atoms with Crippen molar-refractivity contribution in [2.75, 3.05) is 5.73 Å². The highest BCUT2D eigenvalue weighted by Gasteiger charge is 2.35. The lowest BCUT2D eigenvalue weighted by Crippen LogP contribution is -2.13. The highest BCUT2D eigenvalue weighted by atomic mass is 19.4. The van der Waals surface area contributed by atoms with E-state index in [2.05, 4.69) is 9.97 Å². The molecule has 0 unspecified atom stereocenters. The van der Waals surface area contributed by atoms with Crippen LogP contribution in [0.5, 0.6) is 0 Å².